The summed E-state index contributed by atoms with van der Waals surface area (Å²) in [6.07, 6.45) is 1.69. The Labute approximate surface area is 159 Å². The standard InChI is InChI=1S/C22H24N2O3/c25-21(17-7-2-1-3-8-17)24-15-13-23(14-16-24)12-6-11-20-18-9-4-5-10-19(18)22(26)27-20/h1-5,7-10,20H,6,11-16H2. The number of amides is 1. The minimum absolute atomic E-state index is 0.115. The molecule has 0 aliphatic carbocycles. The summed E-state index contributed by atoms with van der Waals surface area (Å²) in [5.41, 5.74) is 2.48. The molecule has 140 valence electrons. The highest BCUT2D eigenvalue weighted by Gasteiger charge is 2.30. The summed E-state index contributed by atoms with van der Waals surface area (Å²) in [5, 5.41) is 0. The van der Waals surface area contributed by atoms with Crippen LogP contribution in [0.25, 0.3) is 0 Å². The topological polar surface area (TPSA) is 49.9 Å². The summed E-state index contributed by atoms with van der Waals surface area (Å²) in [6, 6.07) is 17.1. The first-order chi connectivity index (χ1) is 13.2. The lowest BCUT2D eigenvalue weighted by Crippen LogP contribution is -2.48. The van der Waals surface area contributed by atoms with Crippen LogP contribution in [0.5, 0.6) is 0 Å². The highest BCUT2D eigenvalue weighted by molar-refractivity contribution is 5.94. The first-order valence-electron chi connectivity index (χ1n) is 9.59. The first kappa shape index (κ1) is 17.7. The molecule has 2 aliphatic heterocycles. The molecule has 0 saturated carbocycles. The Hall–Kier alpha value is -2.66. The molecule has 1 fully saturated rings. The van der Waals surface area contributed by atoms with E-state index in [0.717, 1.165) is 56.7 Å². The maximum atomic E-state index is 12.5. The molecule has 5 heteroatoms. The van der Waals surface area contributed by atoms with E-state index in [9.17, 15) is 9.59 Å². The van der Waals surface area contributed by atoms with Crippen molar-refractivity contribution in [2.24, 2.45) is 0 Å². The number of cyclic esters (lactones) is 1. The van der Waals surface area contributed by atoms with Crippen molar-refractivity contribution in [2.45, 2.75) is 18.9 Å². The maximum absolute atomic E-state index is 12.5. The Morgan fingerprint density at radius 2 is 1.67 bits per heavy atom. The third kappa shape index (κ3) is 3.88. The van der Waals surface area contributed by atoms with Crippen molar-refractivity contribution in [1.29, 1.82) is 0 Å². The Morgan fingerprint density at radius 3 is 2.44 bits per heavy atom. The van der Waals surface area contributed by atoms with Gasteiger partial charge >= 0.3 is 5.97 Å². The van der Waals surface area contributed by atoms with Gasteiger partial charge in [-0.05, 0) is 37.6 Å². The molecular formula is C22H24N2O3. The molecule has 0 bridgehead atoms. The predicted molar refractivity (Wildman–Crippen MR) is 103 cm³/mol. The Morgan fingerprint density at radius 1 is 0.963 bits per heavy atom. The number of hydrogen-bond donors (Lipinski definition) is 0. The van der Waals surface area contributed by atoms with E-state index in [1.54, 1.807) is 0 Å². The molecule has 2 aromatic carbocycles. The van der Waals surface area contributed by atoms with Crippen LogP contribution >= 0.6 is 0 Å². The predicted octanol–water partition coefficient (Wildman–Crippen LogP) is 3.14. The van der Waals surface area contributed by atoms with Crippen molar-refractivity contribution in [3.8, 4) is 0 Å². The summed E-state index contributed by atoms with van der Waals surface area (Å²) in [6.45, 7) is 4.26. The number of esters is 1. The van der Waals surface area contributed by atoms with Gasteiger partial charge in [0, 0.05) is 37.3 Å². The molecular weight excluding hydrogens is 340 g/mol. The smallest absolute Gasteiger partial charge is 0.339 e. The van der Waals surface area contributed by atoms with Crippen molar-refractivity contribution in [2.75, 3.05) is 32.7 Å². The van der Waals surface area contributed by atoms with Crippen LogP contribution in [0.2, 0.25) is 0 Å². The number of piperazine rings is 1. The van der Waals surface area contributed by atoms with E-state index in [0.29, 0.717) is 5.56 Å². The highest BCUT2D eigenvalue weighted by atomic mass is 16.5. The van der Waals surface area contributed by atoms with Gasteiger partial charge in [0.05, 0.1) is 5.56 Å². The van der Waals surface area contributed by atoms with Gasteiger partial charge in [-0.2, -0.15) is 0 Å². The fourth-order valence-corrected chi connectivity index (χ4v) is 3.87. The summed E-state index contributed by atoms with van der Waals surface area (Å²) >= 11 is 0. The second kappa shape index (κ2) is 7.92. The van der Waals surface area contributed by atoms with Crippen LogP contribution in [0.3, 0.4) is 0 Å². The molecule has 1 amide bonds. The molecule has 0 aromatic heterocycles. The van der Waals surface area contributed by atoms with Crippen LogP contribution in [0.4, 0.5) is 0 Å². The molecule has 0 N–H and O–H groups in total. The number of carbonyl (C=O) groups is 2. The number of carbonyl (C=O) groups excluding carboxylic acids is 2. The van der Waals surface area contributed by atoms with Crippen LogP contribution in [0.1, 0.15) is 45.2 Å². The van der Waals surface area contributed by atoms with Crippen LogP contribution in [-0.2, 0) is 4.74 Å². The fraction of sp³-hybridized carbons (Fsp3) is 0.364. The Kier molecular flexibility index (Phi) is 5.21. The zero-order chi connectivity index (χ0) is 18.6. The van der Waals surface area contributed by atoms with Crippen molar-refractivity contribution in [1.82, 2.24) is 9.80 Å². The summed E-state index contributed by atoms with van der Waals surface area (Å²) in [4.78, 5) is 28.7. The molecule has 1 saturated heterocycles. The van der Waals surface area contributed by atoms with E-state index in [4.69, 9.17) is 4.74 Å². The minimum Gasteiger partial charge on any atom is -0.454 e. The summed E-state index contributed by atoms with van der Waals surface area (Å²) in [5.74, 6) is -0.0895. The second-order valence-corrected chi connectivity index (χ2v) is 7.12. The van der Waals surface area contributed by atoms with Gasteiger partial charge in [-0.1, -0.05) is 36.4 Å². The van der Waals surface area contributed by atoms with Gasteiger partial charge in [0.2, 0.25) is 0 Å². The van der Waals surface area contributed by atoms with E-state index in [1.807, 2.05) is 59.5 Å². The largest absolute Gasteiger partial charge is 0.454 e. The second-order valence-electron chi connectivity index (χ2n) is 7.12. The molecule has 5 nitrogen and oxygen atoms in total. The summed E-state index contributed by atoms with van der Waals surface area (Å²) < 4.78 is 5.51. The minimum atomic E-state index is -0.205. The van der Waals surface area contributed by atoms with Crippen LogP contribution in [0.15, 0.2) is 54.6 Å². The molecule has 0 radical (unpaired) electrons. The van der Waals surface area contributed by atoms with Gasteiger partial charge in [0.25, 0.3) is 5.91 Å². The third-order valence-electron chi connectivity index (χ3n) is 5.40. The molecule has 2 aliphatic rings. The average Bonchev–Trinajstić information content (AvgIpc) is 3.05. The third-order valence-corrected chi connectivity index (χ3v) is 5.40. The van der Waals surface area contributed by atoms with E-state index in [1.165, 1.54) is 0 Å². The fourth-order valence-electron chi connectivity index (χ4n) is 3.87. The van der Waals surface area contributed by atoms with Gasteiger partial charge in [-0.15, -0.1) is 0 Å². The number of nitrogens with zero attached hydrogens (tertiary/aromatic N) is 2. The van der Waals surface area contributed by atoms with E-state index in [2.05, 4.69) is 4.90 Å². The molecule has 1 atom stereocenters. The van der Waals surface area contributed by atoms with E-state index in [-0.39, 0.29) is 18.0 Å². The van der Waals surface area contributed by atoms with Crippen molar-refractivity contribution >= 4 is 11.9 Å². The lowest BCUT2D eigenvalue weighted by molar-refractivity contribution is 0.0353. The van der Waals surface area contributed by atoms with Crippen LogP contribution < -0.4 is 0 Å². The lowest BCUT2D eigenvalue weighted by atomic mass is 10.0. The van der Waals surface area contributed by atoms with Crippen LogP contribution in [0, 0.1) is 0 Å². The Balaban J connectivity index is 1.23. The van der Waals surface area contributed by atoms with Gasteiger partial charge < -0.3 is 9.64 Å². The van der Waals surface area contributed by atoms with Gasteiger partial charge in [0.15, 0.2) is 0 Å². The van der Waals surface area contributed by atoms with Crippen LogP contribution in [-0.4, -0.2) is 54.4 Å². The number of hydrogen-bond acceptors (Lipinski definition) is 4. The van der Waals surface area contributed by atoms with Gasteiger partial charge in [-0.25, -0.2) is 4.79 Å². The number of benzene rings is 2. The molecule has 2 heterocycles. The molecule has 2 aromatic rings. The van der Waals surface area contributed by atoms with E-state index >= 15 is 0 Å². The quantitative estimate of drug-likeness (QED) is 0.765. The maximum Gasteiger partial charge on any atom is 0.339 e. The monoisotopic (exact) mass is 364 g/mol. The number of rotatable bonds is 5. The van der Waals surface area contributed by atoms with Crippen molar-refractivity contribution in [3.05, 3.63) is 71.3 Å². The first-order valence-corrected chi connectivity index (χ1v) is 9.59. The SMILES string of the molecule is O=C1OC(CCCN2CCN(C(=O)c3ccccc3)CC2)c2ccccc21. The van der Waals surface area contributed by atoms with Crippen molar-refractivity contribution < 1.29 is 14.3 Å². The zero-order valence-electron chi connectivity index (χ0n) is 15.3. The zero-order valence-corrected chi connectivity index (χ0v) is 15.3. The summed E-state index contributed by atoms with van der Waals surface area (Å²) in [7, 11) is 0. The number of ether oxygens (including phenoxy) is 1. The molecule has 4 rings (SSSR count). The lowest BCUT2D eigenvalue weighted by Gasteiger charge is -2.35. The van der Waals surface area contributed by atoms with E-state index < -0.39 is 0 Å². The average molecular weight is 364 g/mol. The van der Waals surface area contributed by atoms with Crippen molar-refractivity contribution in [3.63, 3.8) is 0 Å². The van der Waals surface area contributed by atoms with Gasteiger partial charge in [0.1, 0.15) is 6.10 Å². The Bertz CT molecular complexity index is 813. The number of fused-ring (bicyclic) bond motifs is 1. The molecule has 27 heavy (non-hydrogen) atoms. The molecule has 1 unspecified atom stereocenters. The highest BCUT2D eigenvalue weighted by Crippen LogP contribution is 2.33. The normalized spacial score (nSPS) is 19.6. The molecule has 0 spiro atoms. The van der Waals surface area contributed by atoms with Gasteiger partial charge in [-0.3, -0.25) is 9.69 Å².